The zero-order valence-corrected chi connectivity index (χ0v) is 12.2. The molecule has 0 bridgehead atoms. The van der Waals surface area contributed by atoms with Gasteiger partial charge in [0.1, 0.15) is 0 Å². The fourth-order valence-corrected chi connectivity index (χ4v) is 2.06. The highest BCUT2D eigenvalue weighted by Crippen LogP contribution is 2.21. The van der Waals surface area contributed by atoms with Crippen molar-refractivity contribution in [1.29, 1.82) is 0 Å². The standard InChI is InChI=1S/C14H12Cl2N2O2/c1-20-14-9(3-2-6-17-14)8-18-13(19)11-7-10(15)4-5-12(11)16/h2-7H,8H2,1H3,(H,18,19). The van der Waals surface area contributed by atoms with E-state index in [1.165, 1.54) is 13.2 Å². The number of ether oxygens (including phenoxy) is 1. The summed E-state index contributed by atoms with van der Waals surface area (Å²) >= 11 is 11.8. The van der Waals surface area contributed by atoms with Crippen LogP contribution in [0.1, 0.15) is 15.9 Å². The number of rotatable bonds is 4. The van der Waals surface area contributed by atoms with E-state index in [9.17, 15) is 4.79 Å². The maximum atomic E-state index is 12.1. The Morgan fingerprint density at radius 2 is 2.15 bits per heavy atom. The van der Waals surface area contributed by atoms with E-state index in [1.54, 1.807) is 24.4 Å². The Bertz CT molecular complexity index is 632. The van der Waals surface area contributed by atoms with Crippen LogP contribution >= 0.6 is 23.2 Å². The third-order valence-corrected chi connectivity index (χ3v) is 3.22. The Morgan fingerprint density at radius 3 is 2.90 bits per heavy atom. The van der Waals surface area contributed by atoms with E-state index < -0.39 is 0 Å². The Hall–Kier alpha value is -1.78. The van der Waals surface area contributed by atoms with Crippen LogP contribution in [0.3, 0.4) is 0 Å². The van der Waals surface area contributed by atoms with Crippen molar-refractivity contribution in [2.75, 3.05) is 7.11 Å². The Balaban J connectivity index is 2.11. The van der Waals surface area contributed by atoms with Gasteiger partial charge in [0.2, 0.25) is 5.88 Å². The van der Waals surface area contributed by atoms with Gasteiger partial charge in [0.05, 0.1) is 17.7 Å². The van der Waals surface area contributed by atoms with Gasteiger partial charge in [0.25, 0.3) is 5.91 Å². The summed E-state index contributed by atoms with van der Waals surface area (Å²) in [5.41, 5.74) is 1.11. The summed E-state index contributed by atoms with van der Waals surface area (Å²) in [6.45, 7) is 0.290. The van der Waals surface area contributed by atoms with E-state index in [1.807, 2.05) is 6.07 Å². The van der Waals surface area contributed by atoms with Crippen molar-refractivity contribution in [2.45, 2.75) is 6.54 Å². The van der Waals surface area contributed by atoms with Gasteiger partial charge in [-0.05, 0) is 24.3 Å². The molecule has 1 heterocycles. The lowest BCUT2D eigenvalue weighted by atomic mass is 10.2. The number of pyridine rings is 1. The first-order valence-corrected chi connectivity index (χ1v) is 6.58. The fraction of sp³-hybridized carbons (Fsp3) is 0.143. The molecule has 2 aromatic rings. The summed E-state index contributed by atoms with van der Waals surface area (Å²) in [5, 5.41) is 3.56. The predicted molar refractivity (Wildman–Crippen MR) is 78.4 cm³/mol. The van der Waals surface area contributed by atoms with Crippen LogP contribution < -0.4 is 10.1 Å². The van der Waals surface area contributed by atoms with Gasteiger partial charge in [-0.2, -0.15) is 0 Å². The second-order valence-corrected chi connectivity index (χ2v) is 4.82. The van der Waals surface area contributed by atoms with Crippen LogP contribution in [0, 0.1) is 0 Å². The number of carbonyl (C=O) groups is 1. The first-order valence-electron chi connectivity index (χ1n) is 5.83. The molecule has 0 spiro atoms. The lowest BCUT2D eigenvalue weighted by Gasteiger charge is -2.09. The van der Waals surface area contributed by atoms with Crippen LogP contribution in [0.2, 0.25) is 10.0 Å². The highest BCUT2D eigenvalue weighted by Gasteiger charge is 2.12. The number of nitrogens with zero attached hydrogens (tertiary/aromatic N) is 1. The summed E-state index contributed by atoms with van der Waals surface area (Å²) in [7, 11) is 1.53. The van der Waals surface area contributed by atoms with Gasteiger partial charge in [-0.1, -0.05) is 29.3 Å². The molecule has 0 radical (unpaired) electrons. The van der Waals surface area contributed by atoms with Crippen molar-refractivity contribution >= 4 is 29.1 Å². The molecule has 1 N–H and O–H groups in total. The highest BCUT2D eigenvalue weighted by atomic mass is 35.5. The lowest BCUT2D eigenvalue weighted by Crippen LogP contribution is -2.23. The number of aromatic nitrogens is 1. The van der Waals surface area contributed by atoms with Crippen LogP contribution in [0.4, 0.5) is 0 Å². The molecule has 0 saturated carbocycles. The average Bonchev–Trinajstić information content (AvgIpc) is 2.47. The molecule has 0 atom stereocenters. The number of halogens is 2. The van der Waals surface area contributed by atoms with Crippen molar-refractivity contribution in [3.63, 3.8) is 0 Å². The van der Waals surface area contributed by atoms with Gasteiger partial charge in [-0.25, -0.2) is 4.98 Å². The largest absolute Gasteiger partial charge is 0.481 e. The molecule has 4 nitrogen and oxygen atoms in total. The maximum Gasteiger partial charge on any atom is 0.253 e. The molecule has 104 valence electrons. The maximum absolute atomic E-state index is 12.1. The lowest BCUT2D eigenvalue weighted by molar-refractivity contribution is 0.0951. The molecule has 6 heteroatoms. The number of hydrogen-bond acceptors (Lipinski definition) is 3. The van der Waals surface area contributed by atoms with Crippen molar-refractivity contribution in [2.24, 2.45) is 0 Å². The SMILES string of the molecule is COc1ncccc1CNC(=O)c1cc(Cl)ccc1Cl. The number of amides is 1. The molecule has 0 aliphatic rings. The Morgan fingerprint density at radius 1 is 1.35 bits per heavy atom. The van der Waals surface area contributed by atoms with E-state index in [2.05, 4.69) is 10.3 Å². The zero-order chi connectivity index (χ0) is 14.5. The third kappa shape index (κ3) is 3.40. The van der Waals surface area contributed by atoms with Gasteiger partial charge in [0, 0.05) is 23.3 Å². The van der Waals surface area contributed by atoms with E-state index in [4.69, 9.17) is 27.9 Å². The van der Waals surface area contributed by atoms with Crippen molar-refractivity contribution in [3.8, 4) is 5.88 Å². The van der Waals surface area contributed by atoms with Crippen molar-refractivity contribution < 1.29 is 9.53 Å². The quantitative estimate of drug-likeness (QED) is 0.942. The molecule has 1 aromatic carbocycles. The number of hydrogen-bond donors (Lipinski definition) is 1. The molecule has 0 saturated heterocycles. The van der Waals surface area contributed by atoms with Crippen molar-refractivity contribution in [1.82, 2.24) is 10.3 Å². The zero-order valence-electron chi connectivity index (χ0n) is 10.7. The van der Waals surface area contributed by atoms with Crippen LogP contribution in [-0.4, -0.2) is 18.0 Å². The molecule has 0 aliphatic carbocycles. The summed E-state index contributed by atoms with van der Waals surface area (Å²) in [5.74, 6) is 0.174. The topological polar surface area (TPSA) is 51.2 Å². The Labute approximate surface area is 126 Å². The van der Waals surface area contributed by atoms with E-state index >= 15 is 0 Å². The molecule has 0 aliphatic heterocycles. The van der Waals surface area contributed by atoms with Gasteiger partial charge >= 0.3 is 0 Å². The van der Waals surface area contributed by atoms with E-state index in [0.29, 0.717) is 28.0 Å². The molecule has 1 amide bonds. The van der Waals surface area contributed by atoms with Gasteiger partial charge < -0.3 is 10.1 Å². The van der Waals surface area contributed by atoms with E-state index in [0.717, 1.165) is 5.56 Å². The minimum absolute atomic E-state index is 0.290. The van der Waals surface area contributed by atoms with Crippen LogP contribution in [0.15, 0.2) is 36.5 Å². The second kappa shape index (κ2) is 6.59. The molecular weight excluding hydrogens is 299 g/mol. The van der Waals surface area contributed by atoms with Crippen LogP contribution in [0.5, 0.6) is 5.88 Å². The number of methoxy groups -OCH3 is 1. The fourth-order valence-electron chi connectivity index (χ4n) is 1.68. The third-order valence-electron chi connectivity index (χ3n) is 2.66. The first-order chi connectivity index (χ1) is 9.61. The van der Waals surface area contributed by atoms with Gasteiger partial charge in [-0.15, -0.1) is 0 Å². The summed E-state index contributed by atoms with van der Waals surface area (Å²) < 4.78 is 5.12. The molecular formula is C14H12Cl2N2O2. The average molecular weight is 311 g/mol. The van der Waals surface area contributed by atoms with E-state index in [-0.39, 0.29) is 5.91 Å². The van der Waals surface area contributed by atoms with Crippen LogP contribution in [0.25, 0.3) is 0 Å². The predicted octanol–water partition coefficient (Wildman–Crippen LogP) is 3.33. The monoisotopic (exact) mass is 310 g/mol. The molecule has 20 heavy (non-hydrogen) atoms. The second-order valence-electron chi connectivity index (χ2n) is 3.98. The molecule has 2 rings (SSSR count). The summed E-state index contributed by atoms with van der Waals surface area (Å²) in [6.07, 6.45) is 1.62. The van der Waals surface area contributed by atoms with Gasteiger partial charge in [-0.3, -0.25) is 4.79 Å². The smallest absolute Gasteiger partial charge is 0.253 e. The summed E-state index contributed by atoms with van der Waals surface area (Å²) in [6, 6.07) is 8.34. The number of nitrogens with one attached hydrogen (secondary N) is 1. The number of benzene rings is 1. The highest BCUT2D eigenvalue weighted by molar-refractivity contribution is 6.35. The van der Waals surface area contributed by atoms with Gasteiger partial charge in [0.15, 0.2) is 0 Å². The minimum atomic E-state index is -0.302. The summed E-state index contributed by atoms with van der Waals surface area (Å²) in [4.78, 5) is 16.1. The normalized spacial score (nSPS) is 10.2. The molecule has 1 aromatic heterocycles. The Kier molecular flexibility index (Phi) is 4.82. The molecule has 0 unspecified atom stereocenters. The molecule has 0 fully saturated rings. The van der Waals surface area contributed by atoms with Crippen molar-refractivity contribution in [3.05, 3.63) is 57.7 Å². The van der Waals surface area contributed by atoms with Crippen LogP contribution in [-0.2, 0) is 6.54 Å². The minimum Gasteiger partial charge on any atom is -0.481 e. The number of carbonyl (C=O) groups excluding carboxylic acids is 1. The first kappa shape index (κ1) is 14.6.